The fourth-order valence-electron chi connectivity index (χ4n) is 2.66. The van der Waals surface area contributed by atoms with Crippen LogP contribution in [0.15, 0.2) is 61.1 Å². The third kappa shape index (κ3) is 3.19. The Hall–Kier alpha value is -3.28. The van der Waals surface area contributed by atoms with Gasteiger partial charge in [-0.1, -0.05) is 35.9 Å². The van der Waals surface area contributed by atoms with Gasteiger partial charge in [0, 0.05) is 11.9 Å². The molecule has 0 saturated carbocycles. The lowest BCUT2D eigenvalue weighted by Gasteiger charge is -2.06. The van der Waals surface area contributed by atoms with Gasteiger partial charge in [0.15, 0.2) is 5.65 Å². The van der Waals surface area contributed by atoms with Crippen molar-refractivity contribution in [2.24, 2.45) is 0 Å². The van der Waals surface area contributed by atoms with Gasteiger partial charge in [0.1, 0.15) is 12.1 Å². The molecule has 6 heteroatoms. The summed E-state index contributed by atoms with van der Waals surface area (Å²) in [5.41, 5.74) is 5.08. The molecular formula is C19H18FN5. The number of fused-ring (bicyclic) bond motifs is 1. The van der Waals surface area contributed by atoms with Gasteiger partial charge in [0.2, 0.25) is 0 Å². The second kappa shape index (κ2) is 6.68. The highest BCUT2D eigenvalue weighted by Gasteiger charge is 2.10. The van der Waals surface area contributed by atoms with Crippen LogP contribution in [0, 0.1) is 13.8 Å². The zero-order valence-electron chi connectivity index (χ0n) is 14.0. The predicted molar refractivity (Wildman–Crippen MR) is 98.4 cm³/mol. The summed E-state index contributed by atoms with van der Waals surface area (Å²) in [6.45, 7) is 4.14. The Balaban J connectivity index is 0.00000182. The maximum absolute atomic E-state index is 4.59. The van der Waals surface area contributed by atoms with Crippen molar-refractivity contribution in [2.75, 3.05) is 5.32 Å². The SMILES string of the molecule is Cc1ccc(Nc2ncnc3nn(-c4ccccc4C)cc23)cc1.F. The number of hydrogen-bond donors (Lipinski definition) is 1. The molecule has 0 unspecified atom stereocenters. The van der Waals surface area contributed by atoms with Crippen molar-refractivity contribution in [3.8, 4) is 5.69 Å². The Morgan fingerprint density at radius 2 is 1.68 bits per heavy atom. The first-order valence-electron chi connectivity index (χ1n) is 7.81. The lowest BCUT2D eigenvalue weighted by atomic mass is 10.2. The molecule has 0 aliphatic heterocycles. The number of nitrogens with zero attached hydrogens (tertiary/aromatic N) is 4. The van der Waals surface area contributed by atoms with E-state index in [9.17, 15) is 0 Å². The predicted octanol–water partition coefficient (Wildman–Crippen LogP) is 4.33. The van der Waals surface area contributed by atoms with Crippen molar-refractivity contribution < 1.29 is 4.70 Å². The molecule has 126 valence electrons. The first-order chi connectivity index (χ1) is 11.7. The Labute approximate surface area is 144 Å². The molecule has 4 rings (SSSR count). The number of aryl methyl sites for hydroxylation is 2. The minimum absolute atomic E-state index is 0. The highest BCUT2D eigenvalue weighted by Crippen LogP contribution is 2.24. The summed E-state index contributed by atoms with van der Waals surface area (Å²) in [4.78, 5) is 8.67. The largest absolute Gasteiger partial charge is 0.340 e. The summed E-state index contributed by atoms with van der Waals surface area (Å²) in [5.74, 6) is 0.753. The third-order valence-corrected chi connectivity index (χ3v) is 3.99. The smallest absolute Gasteiger partial charge is 0.186 e. The lowest BCUT2D eigenvalue weighted by molar-refractivity contribution is 0.881. The zero-order chi connectivity index (χ0) is 16.5. The van der Waals surface area contributed by atoms with Crippen LogP contribution in [0.3, 0.4) is 0 Å². The second-order valence-corrected chi connectivity index (χ2v) is 5.81. The van der Waals surface area contributed by atoms with Gasteiger partial charge in [-0.05, 0) is 37.6 Å². The van der Waals surface area contributed by atoms with Crippen LogP contribution in [0.4, 0.5) is 16.2 Å². The lowest BCUT2D eigenvalue weighted by Crippen LogP contribution is -1.96. The zero-order valence-corrected chi connectivity index (χ0v) is 14.0. The molecule has 2 aromatic heterocycles. The number of aromatic nitrogens is 4. The van der Waals surface area contributed by atoms with Crippen LogP contribution in [0.25, 0.3) is 16.7 Å². The van der Waals surface area contributed by atoms with E-state index in [1.165, 1.54) is 11.9 Å². The van der Waals surface area contributed by atoms with E-state index in [1.54, 1.807) is 0 Å². The van der Waals surface area contributed by atoms with Crippen molar-refractivity contribution >= 4 is 22.5 Å². The first kappa shape index (κ1) is 16.6. The van der Waals surface area contributed by atoms with Gasteiger partial charge in [-0.3, -0.25) is 4.70 Å². The van der Waals surface area contributed by atoms with Gasteiger partial charge < -0.3 is 5.32 Å². The van der Waals surface area contributed by atoms with Gasteiger partial charge in [-0.15, -0.1) is 5.10 Å². The van der Waals surface area contributed by atoms with E-state index in [4.69, 9.17) is 0 Å². The third-order valence-electron chi connectivity index (χ3n) is 3.99. The van der Waals surface area contributed by atoms with E-state index < -0.39 is 0 Å². The average Bonchev–Trinajstić information content (AvgIpc) is 3.02. The van der Waals surface area contributed by atoms with Gasteiger partial charge in [-0.25, -0.2) is 14.6 Å². The first-order valence-corrected chi connectivity index (χ1v) is 7.81. The molecule has 0 bridgehead atoms. The van der Waals surface area contributed by atoms with Crippen LogP contribution >= 0.6 is 0 Å². The van der Waals surface area contributed by atoms with E-state index >= 15 is 0 Å². The van der Waals surface area contributed by atoms with Gasteiger partial charge in [0.05, 0.1) is 11.1 Å². The highest BCUT2D eigenvalue weighted by atomic mass is 19.0. The van der Waals surface area contributed by atoms with E-state index in [0.29, 0.717) is 5.65 Å². The maximum atomic E-state index is 4.59. The summed E-state index contributed by atoms with van der Waals surface area (Å²) in [5, 5.41) is 8.82. The molecule has 0 spiro atoms. The van der Waals surface area contributed by atoms with Gasteiger partial charge in [0.25, 0.3) is 0 Å². The van der Waals surface area contributed by atoms with Crippen LogP contribution in [-0.2, 0) is 0 Å². The Kier molecular flexibility index (Phi) is 4.43. The number of halogens is 1. The van der Waals surface area contributed by atoms with E-state index in [2.05, 4.69) is 52.4 Å². The van der Waals surface area contributed by atoms with Crippen molar-refractivity contribution in [3.05, 3.63) is 72.2 Å². The van der Waals surface area contributed by atoms with Gasteiger partial charge in [-0.2, -0.15) is 0 Å². The number of rotatable bonds is 3. The summed E-state index contributed by atoms with van der Waals surface area (Å²) in [6.07, 6.45) is 3.50. The molecule has 0 saturated heterocycles. The quantitative estimate of drug-likeness (QED) is 0.605. The molecule has 25 heavy (non-hydrogen) atoms. The van der Waals surface area contributed by atoms with Crippen LogP contribution in [0.1, 0.15) is 11.1 Å². The topological polar surface area (TPSA) is 55.6 Å². The number of para-hydroxylation sites is 1. The summed E-state index contributed by atoms with van der Waals surface area (Å²) in [7, 11) is 0. The molecule has 0 aliphatic rings. The van der Waals surface area contributed by atoms with E-state index in [0.717, 1.165) is 28.1 Å². The summed E-state index contributed by atoms with van der Waals surface area (Å²) < 4.78 is 1.86. The van der Waals surface area contributed by atoms with Crippen LogP contribution in [0.2, 0.25) is 0 Å². The number of hydrogen-bond acceptors (Lipinski definition) is 4. The molecule has 4 aromatic rings. The fourth-order valence-corrected chi connectivity index (χ4v) is 2.66. The molecule has 2 heterocycles. The molecule has 0 atom stereocenters. The minimum Gasteiger partial charge on any atom is -0.340 e. The van der Waals surface area contributed by atoms with Crippen molar-refractivity contribution in [1.82, 2.24) is 19.7 Å². The van der Waals surface area contributed by atoms with E-state index in [-0.39, 0.29) is 4.70 Å². The molecule has 2 aromatic carbocycles. The Morgan fingerprint density at radius 1 is 0.920 bits per heavy atom. The van der Waals surface area contributed by atoms with Crippen molar-refractivity contribution in [3.63, 3.8) is 0 Å². The molecule has 0 fully saturated rings. The fraction of sp³-hybridized carbons (Fsp3) is 0.105. The molecule has 0 amide bonds. The second-order valence-electron chi connectivity index (χ2n) is 5.81. The Bertz CT molecular complexity index is 1010. The van der Waals surface area contributed by atoms with E-state index in [1.807, 2.05) is 41.2 Å². The molecule has 1 N–H and O–H groups in total. The maximum Gasteiger partial charge on any atom is 0.186 e. The van der Waals surface area contributed by atoms with Crippen LogP contribution in [0.5, 0.6) is 0 Å². The molecule has 0 radical (unpaired) electrons. The van der Waals surface area contributed by atoms with Crippen LogP contribution in [-0.4, -0.2) is 19.7 Å². The number of nitrogens with one attached hydrogen (secondary N) is 1. The summed E-state index contributed by atoms with van der Waals surface area (Å²) in [6, 6.07) is 16.3. The minimum atomic E-state index is 0. The normalized spacial score (nSPS) is 10.5. The Morgan fingerprint density at radius 3 is 2.44 bits per heavy atom. The number of anilines is 2. The molecule has 0 aliphatic carbocycles. The molecule has 5 nitrogen and oxygen atoms in total. The number of benzene rings is 2. The molecular weight excluding hydrogens is 317 g/mol. The highest BCUT2D eigenvalue weighted by molar-refractivity contribution is 5.88. The van der Waals surface area contributed by atoms with Gasteiger partial charge >= 0.3 is 0 Å². The van der Waals surface area contributed by atoms with Crippen molar-refractivity contribution in [1.29, 1.82) is 0 Å². The standard InChI is InChI=1S/C19H17N5.FH/c1-13-7-9-15(10-8-13)22-18-16-11-24(23-19(16)21-12-20-18)17-6-4-3-5-14(17)2;/h3-12H,1-2H3,(H,20,21,22,23);1H. The van der Waals surface area contributed by atoms with Crippen molar-refractivity contribution in [2.45, 2.75) is 13.8 Å². The summed E-state index contributed by atoms with van der Waals surface area (Å²) >= 11 is 0. The van der Waals surface area contributed by atoms with Crippen LogP contribution < -0.4 is 5.32 Å². The average molecular weight is 335 g/mol. The monoisotopic (exact) mass is 335 g/mol.